The molecule has 0 radical (unpaired) electrons. The van der Waals surface area contributed by atoms with Crippen LogP contribution in [0.3, 0.4) is 0 Å². The van der Waals surface area contributed by atoms with Gasteiger partial charge < -0.3 is 14.0 Å². The highest BCUT2D eigenvalue weighted by atomic mass is 79.9. The predicted molar refractivity (Wildman–Crippen MR) is 163 cm³/mol. The van der Waals surface area contributed by atoms with E-state index in [-0.39, 0.29) is 29.0 Å². The fourth-order valence-electron chi connectivity index (χ4n) is 6.12. The van der Waals surface area contributed by atoms with E-state index < -0.39 is 8.32 Å². The van der Waals surface area contributed by atoms with Crippen LogP contribution in [0, 0.1) is 0 Å². The van der Waals surface area contributed by atoms with Gasteiger partial charge in [0, 0.05) is 43.5 Å². The molecule has 7 rings (SSSR count). The van der Waals surface area contributed by atoms with Crippen molar-refractivity contribution in [2.45, 2.75) is 57.5 Å². The maximum absolute atomic E-state index is 13.3. The number of nitrogens with zero attached hydrogens (tertiary/aromatic N) is 1. The summed E-state index contributed by atoms with van der Waals surface area (Å²) in [5.41, 5.74) is 4.71. The fraction of sp³-hybridized carbons (Fsp3) is 0.290. The van der Waals surface area contributed by atoms with Gasteiger partial charge in [0.05, 0.1) is 34.3 Å². The Morgan fingerprint density at radius 3 is 2.44 bits per heavy atom. The Morgan fingerprint density at radius 1 is 0.974 bits per heavy atom. The van der Waals surface area contributed by atoms with Gasteiger partial charge in [-0.15, -0.1) is 0 Å². The third kappa shape index (κ3) is 3.47. The van der Waals surface area contributed by atoms with E-state index in [1.54, 1.807) is 0 Å². The maximum Gasteiger partial charge on any atom is 0.259 e. The molecular weight excluding hydrogens is 570 g/mol. The van der Waals surface area contributed by atoms with Gasteiger partial charge in [0.1, 0.15) is 0 Å². The molecule has 198 valence electrons. The molecular formula is C31H30BrN3O3Si. The number of para-hydroxylation sites is 1. The van der Waals surface area contributed by atoms with E-state index in [2.05, 4.69) is 88.9 Å². The third-order valence-electron chi connectivity index (χ3n) is 8.94. The Hall–Kier alpha value is -3.20. The first-order valence-electron chi connectivity index (χ1n) is 13.4. The molecule has 1 aliphatic heterocycles. The summed E-state index contributed by atoms with van der Waals surface area (Å²) in [5, 5.41) is 6.21. The Kier molecular flexibility index (Phi) is 5.19. The smallest absolute Gasteiger partial charge is 0.259 e. The molecule has 0 spiro atoms. The van der Waals surface area contributed by atoms with Crippen LogP contribution in [0.4, 0.5) is 0 Å². The number of halogens is 1. The summed E-state index contributed by atoms with van der Waals surface area (Å²) in [6, 6.07) is 14.2. The van der Waals surface area contributed by atoms with Crippen LogP contribution in [0.1, 0.15) is 53.9 Å². The lowest BCUT2D eigenvalue weighted by molar-refractivity contribution is 0.0880. The Morgan fingerprint density at radius 2 is 1.69 bits per heavy atom. The van der Waals surface area contributed by atoms with Gasteiger partial charge in [-0.1, -0.05) is 67.1 Å². The average Bonchev–Trinajstić information content (AvgIpc) is 3.60. The molecule has 0 saturated heterocycles. The van der Waals surface area contributed by atoms with Crippen LogP contribution in [-0.2, 0) is 4.43 Å². The van der Waals surface area contributed by atoms with Crippen molar-refractivity contribution in [1.82, 2.24) is 14.9 Å². The summed E-state index contributed by atoms with van der Waals surface area (Å²) in [6.45, 7) is 11.4. The van der Waals surface area contributed by atoms with E-state index >= 15 is 0 Å². The number of aromatic amines is 1. The van der Waals surface area contributed by atoms with Gasteiger partial charge in [-0.25, -0.2) is 0 Å². The predicted octanol–water partition coefficient (Wildman–Crippen LogP) is 7.97. The van der Waals surface area contributed by atoms with Crippen molar-refractivity contribution in [3.8, 4) is 0 Å². The Balaban J connectivity index is 1.53. The highest BCUT2D eigenvalue weighted by molar-refractivity contribution is 9.10. The number of fused-ring (bicyclic) bond motifs is 10. The van der Waals surface area contributed by atoms with E-state index in [0.29, 0.717) is 11.1 Å². The van der Waals surface area contributed by atoms with Gasteiger partial charge in [0.2, 0.25) is 0 Å². The molecule has 8 heteroatoms. The van der Waals surface area contributed by atoms with Crippen LogP contribution < -0.4 is 5.32 Å². The zero-order valence-electron chi connectivity index (χ0n) is 22.6. The van der Waals surface area contributed by atoms with E-state index in [1.807, 2.05) is 30.3 Å². The number of aromatic nitrogens is 2. The van der Waals surface area contributed by atoms with Crippen molar-refractivity contribution in [3.05, 3.63) is 70.2 Å². The lowest BCUT2D eigenvalue weighted by Crippen LogP contribution is -2.43. The van der Waals surface area contributed by atoms with Gasteiger partial charge in [-0.05, 0) is 42.4 Å². The van der Waals surface area contributed by atoms with Crippen LogP contribution in [0.5, 0.6) is 0 Å². The summed E-state index contributed by atoms with van der Waals surface area (Å²) in [6.07, 6.45) is 5.29. The second kappa shape index (κ2) is 8.16. The van der Waals surface area contributed by atoms with Crippen molar-refractivity contribution in [2.24, 2.45) is 0 Å². The fourth-order valence-corrected chi connectivity index (χ4v) is 7.77. The van der Waals surface area contributed by atoms with Crippen molar-refractivity contribution in [1.29, 1.82) is 0 Å². The molecule has 2 N–H and O–H groups in total. The highest BCUT2D eigenvalue weighted by Gasteiger charge is 2.41. The maximum atomic E-state index is 13.3. The van der Waals surface area contributed by atoms with E-state index in [0.717, 1.165) is 54.5 Å². The third-order valence-corrected chi connectivity index (χ3v) is 13.9. The summed E-state index contributed by atoms with van der Waals surface area (Å²) < 4.78 is 10.0. The zero-order chi connectivity index (χ0) is 27.4. The molecule has 2 aromatic heterocycles. The topological polar surface area (TPSA) is 76.1 Å². The van der Waals surface area contributed by atoms with Crippen LogP contribution in [-0.4, -0.2) is 35.8 Å². The van der Waals surface area contributed by atoms with Gasteiger partial charge in [-0.2, -0.15) is 0 Å². The minimum Gasteiger partial charge on any atom is -0.410 e. The zero-order valence-corrected chi connectivity index (χ0v) is 25.2. The first kappa shape index (κ1) is 24.8. The summed E-state index contributed by atoms with van der Waals surface area (Å²) in [5.74, 6) is -0.682. The van der Waals surface area contributed by atoms with Gasteiger partial charge in [0.15, 0.2) is 8.32 Å². The molecule has 5 aromatic rings. The number of rotatable bonds is 3. The van der Waals surface area contributed by atoms with E-state index in [1.165, 1.54) is 0 Å². The quantitative estimate of drug-likeness (QED) is 0.125. The standard InChI is InChI=1S/C31H30BrN3O3Si/c1-31(2,3)39(4,5)38-18-12-11-17(15-18)35-22-9-7-6-8-19(22)24-26-25(29(36)34-30(26)37)23-20-14-16(32)10-13-21(20)33-27(23)28(24)35/h6-14,17-18,33H,15H2,1-5H3,(H,34,36,37)/t17?,18-/m1/s1. The second-order valence-electron chi connectivity index (χ2n) is 12.3. The van der Waals surface area contributed by atoms with E-state index in [4.69, 9.17) is 4.43 Å². The van der Waals surface area contributed by atoms with E-state index in [9.17, 15) is 9.59 Å². The van der Waals surface area contributed by atoms with Gasteiger partial charge in [-0.3, -0.25) is 14.9 Å². The number of nitrogens with one attached hydrogen (secondary N) is 2. The lowest BCUT2D eigenvalue weighted by atomic mass is 9.96. The molecule has 1 aliphatic carbocycles. The highest BCUT2D eigenvalue weighted by Crippen LogP contribution is 2.47. The molecule has 0 saturated carbocycles. The van der Waals surface area contributed by atoms with Crippen LogP contribution >= 0.6 is 15.9 Å². The van der Waals surface area contributed by atoms with Crippen molar-refractivity contribution in [2.75, 3.05) is 0 Å². The number of H-pyrrole nitrogens is 1. The molecule has 3 aromatic carbocycles. The average molecular weight is 601 g/mol. The molecule has 2 atom stereocenters. The number of imide groups is 1. The monoisotopic (exact) mass is 599 g/mol. The normalized spacial score (nSPS) is 19.7. The summed E-state index contributed by atoms with van der Waals surface area (Å²) in [7, 11) is -1.96. The number of carbonyl (C=O) groups excluding carboxylic acids is 2. The molecule has 2 amide bonds. The van der Waals surface area contributed by atoms with Crippen molar-refractivity contribution >= 4 is 79.7 Å². The van der Waals surface area contributed by atoms with Crippen molar-refractivity contribution < 1.29 is 14.0 Å². The Bertz CT molecular complexity index is 1920. The minimum absolute atomic E-state index is 0.0283. The number of hydrogen-bond acceptors (Lipinski definition) is 3. The largest absolute Gasteiger partial charge is 0.410 e. The first-order valence-corrected chi connectivity index (χ1v) is 17.1. The van der Waals surface area contributed by atoms with Crippen LogP contribution in [0.15, 0.2) is 59.1 Å². The second-order valence-corrected chi connectivity index (χ2v) is 18.0. The minimum atomic E-state index is -1.96. The van der Waals surface area contributed by atoms with Crippen molar-refractivity contribution in [3.63, 3.8) is 0 Å². The van der Waals surface area contributed by atoms with Gasteiger partial charge >= 0.3 is 0 Å². The molecule has 0 fully saturated rings. The number of amides is 2. The molecule has 6 nitrogen and oxygen atoms in total. The number of allylic oxidation sites excluding steroid dienone is 1. The summed E-state index contributed by atoms with van der Waals surface area (Å²) in [4.78, 5) is 30.2. The molecule has 3 heterocycles. The van der Waals surface area contributed by atoms with Crippen LogP contribution in [0.25, 0.3) is 43.6 Å². The summed E-state index contributed by atoms with van der Waals surface area (Å²) >= 11 is 3.59. The molecule has 0 bridgehead atoms. The number of carbonyl (C=O) groups is 2. The SMILES string of the molecule is CC(C)(C)[Si](C)(C)O[C@@H]1C=CC(n2c3ccccc3c3c4c(c5c6cc(Br)ccc6[nH]c5c32)C(=O)NC4=O)C1. The number of hydrogen-bond donors (Lipinski definition) is 2. The lowest BCUT2D eigenvalue weighted by Gasteiger charge is -2.38. The molecule has 1 unspecified atom stereocenters. The Labute approximate surface area is 235 Å². The first-order chi connectivity index (χ1) is 18.5. The molecule has 39 heavy (non-hydrogen) atoms. The van der Waals surface area contributed by atoms with Crippen LogP contribution in [0.2, 0.25) is 18.1 Å². The molecule has 2 aliphatic rings. The van der Waals surface area contributed by atoms with Gasteiger partial charge in [0.25, 0.3) is 11.8 Å². The number of benzene rings is 3.